The van der Waals surface area contributed by atoms with Crippen LogP contribution in [0, 0.1) is 10.1 Å². The molecule has 1 N–H and O–H groups in total. The summed E-state index contributed by atoms with van der Waals surface area (Å²) in [6.45, 7) is 1.80. The molecule has 1 fully saturated rings. The molecule has 1 saturated heterocycles. The third-order valence-electron chi connectivity index (χ3n) is 2.78. The lowest BCUT2D eigenvalue weighted by molar-refractivity contribution is -0.385. The average Bonchev–Trinajstić information content (AvgIpc) is 2.46. The summed E-state index contributed by atoms with van der Waals surface area (Å²) in [5, 5.41) is 13.5. The van der Waals surface area contributed by atoms with Gasteiger partial charge in [-0.2, -0.15) is 0 Å². The van der Waals surface area contributed by atoms with Crippen LogP contribution in [0.4, 0.5) is 5.69 Å². The zero-order valence-electron chi connectivity index (χ0n) is 10.5. The number of nitro groups is 1. The van der Waals surface area contributed by atoms with Crippen molar-refractivity contribution < 1.29 is 19.2 Å². The Kier molecular flexibility index (Phi) is 5.05. The van der Waals surface area contributed by atoms with E-state index in [0.717, 1.165) is 0 Å². The molecule has 1 amide bonds. The second-order valence-corrected chi connectivity index (χ2v) is 5.06. The first-order chi connectivity index (χ1) is 9.58. The fourth-order valence-electron chi connectivity index (χ4n) is 1.76. The number of carbonyl (C=O) groups excluding carboxylic acids is 1. The fraction of sp³-hybridized carbons (Fsp3) is 0.417. The Morgan fingerprint density at radius 3 is 2.95 bits per heavy atom. The average molecular weight is 345 g/mol. The van der Waals surface area contributed by atoms with Crippen LogP contribution in [0.25, 0.3) is 0 Å². The number of hydrogen-bond donors (Lipinski definition) is 1. The van der Waals surface area contributed by atoms with Crippen molar-refractivity contribution in [3.05, 3.63) is 38.3 Å². The first-order valence-corrected chi connectivity index (χ1v) is 6.78. The van der Waals surface area contributed by atoms with Crippen LogP contribution in [0.5, 0.6) is 0 Å². The molecule has 0 bridgehead atoms. The molecule has 1 aromatic carbocycles. The Labute approximate surface area is 123 Å². The monoisotopic (exact) mass is 344 g/mol. The van der Waals surface area contributed by atoms with Gasteiger partial charge in [0, 0.05) is 18.2 Å². The van der Waals surface area contributed by atoms with Crippen LogP contribution in [0.2, 0.25) is 0 Å². The number of rotatable bonds is 4. The standard InChI is InChI=1S/C12H13BrN2O5/c13-10-2-1-8(5-11(10)15(17)18)12(16)14-6-9-7-19-3-4-20-9/h1-2,5,9H,3-4,6-7H2,(H,14,16). The molecule has 7 nitrogen and oxygen atoms in total. The molecule has 8 heteroatoms. The maximum Gasteiger partial charge on any atom is 0.284 e. The summed E-state index contributed by atoms with van der Waals surface area (Å²) < 4.78 is 10.9. The van der Waals surface area contributed by atoms with E-state index >= 15 is 0 Å². The molecule has 2 rings (SSSR count). The second-order valence-electron chi connectivity index (χ2n) is 4.20. The molecular formula is C12H13BrN2O5. The van der Waals surface area contributed by atoms with E-state index in [2.05, 4.69) is 21.2 Å². The predicted octanol–water partition coefficient (Wildman–Crippen LogP) is 1.50. The molecule has 0 aromatic heterocycles. The van der Waals surface area contributed by atoms with Gasteiger partial charge in [0.15, 0.2) is 0 Å². The van der Waals surface area contributed by atoms with E-state index in [1.54, 1.807) is 0 Å². The van der Waals surface area contributed by atoms with Gasteiger partial charge < -0.3 is 14.8 Å². The Bertz CT molecular complexity index is 517. The predicted molar refractivity (Wildman–Crippen MR) is 73.7 cm³/mol. The Morgan fingerprint density at radius 2 is 2.30 bits per heavy atom. The van der Waals surface area contributed by atoms with Crippen molar-refractivity contribution in [3.63, 3.8) is 0 Å². The van der Waals surface area contributed by atoms with Crippen molar-refractivity contribution in [2.45, 2.75) is 6.10 Å². The molecule has 1 aromatic rings. The van der Waals surface area contributed by atoms with Gasteiger partial charge in [-0.25, -0.2) is 0 Å². The first kappa shape index (κ1) is 14.9. The van der Waals surface area contributed by atoms with Gasteiger partial charge in [0.1, 0.15) is 0 Å². The summed E-state index contributed by atoms with van der Waals surface area (Å²) in [6.07, 6.45) is -0.182. The summed E-state index contributed by atoms with van der Waals surface area (Å²) in [6, 6.07) is 4.23. The third kappa shape index (κ3) is 3.75. The second kappa shape index (κ2) is 6.78. The van der Waals surface area contributed by atoms with Gasteiger partial charge in [0.25, 0.3) is 11.6 Å². The van der Waals surface area contributed by atoms with Crippen molar-refractivity contribution in [3.8, 4) is 0 Å². The molecule has 1 unspecified atom stereocenters. The lowest BCUT2D eigenvalue weighted by Crippen LogP contribution is -2.39. The molecule has 0 saturated carbocycles. The van der Waals surface area contributed by atoms with Crippen LogP contribution in [0.15, 0.2) is 22.7 Å². The van der Waals surface area contributed by atoms with E-state index in [9.17, 15) is 14.9 Å². The summed E-state index contributed by atoms with van der Waals surface area (Å²) in [5.41, 5.74) is 0.0894. The number of ether oxygens (including phenoxy) is 2. The highest BCUT2D eigenvalue weighted by Crippen LogP contribution is 2.25. The van der Waals surface area contributed by atoms with Crippen LogP contribution in [-0.4, -0.2) is 43.3 Å². The largest absolute Gasteiger partial charge is 0.376 e. The zero-order chi connectivity index (χ0) is 14.5. The number of benzene rings is 1. The van der Waals surface area contributed by atoms with Gasteiger partial charge in [-0.1, -0.05) is 0 Å². The third-order valence-corrected chi connectivity index (χ3v) is 3.45. The van der Waals surface area contributed by atoms with Gasteiger partial charge in [0.05, 0.1) is 35.3 Å². The van der Waals surface area contributed by atoms with E-state index < -0.39 is 4.92 Å². The number of nitrogens with one attached hydrogen (secondary N) is 1. The van der Waals surface area contributed by atoms with Crippen LogP contribution in [0.3, 0.4) is 0 Å². The van der Waals surface area contributed by atoms with E-state index in [4.69, 9.17) is 9.47 Å². The minimum absolute atomic E-state index is 0.144. The Balaban J connectivity index is 1.98. The van der Waals surface area contributed by atoms with Crippen molar-refractivity contribution in [1.29, 1.82) is 0 Å². The van der Waals surface area contributed by atoms with E-state index in [1.807, 2.05) is 0 Å². The lowest BCUT2D eigenvalue weighted by Gasteiger charge is -2.23. The normalized spacial score (nSPS) is 18.6. The zero-order valence-corrected chi connectivity index (χ0v) is 12.1. The lowest BCUT2D eigenvalue weighted by atomic mass is 10.2. The highest BCUT2D eigenvalue weighted by atomic mass is 79.9. The van der Waals surface area contributed by atoms with Crippen molar-refractivity contribution in [1.82, 2.24) is 5.32 Å². The van der Waals surface area contributed by atoms with Gasteiger partial charge >= 0.3 is 0 Å². The molecule has 0 radical (unpaired) electrons. The molecular weight excluding hydrogens is 332 g/mol. The molecule has 0 aliphatic carbocycles. The SMILES string of the molecule is O=C(NCC1COCCO1)c1ccc(Br)c([N+](=O)[O-])c1. The highest BCUT2D eigenvalue weighted by molar-refractivity contribution is 9.10. The van der Waals surface area contributed by atoms with Crippen molar-refractivity contribution in [2.75, 3.05) is 26.4 Å². The smallest absolute Gasteiger partial charge is 0.284 e. The minimum Gasteiger partial charge on any atom is -0.376 e. The Morgan fingerprint density at radius 1 is 1.50 bits per heavy atom. The fourth-order valence-corrected chi connectivity index (χ4v) is 2.15. The number of amides is 1. The molecule has 1 atom stereocenters. The topological polar surface area (TPSA) is 90.7 Å². The number of halogens is 1. The van der Waals surface area contributed by atoms with E-state index in [1.165, 1.54) is 18.2 Å². The van der Waals surface area contributed by atoms with Crippen LogP contribution in [0.1, 0.15) is 10.4 Å². The summed E-state index contributed by atoms with van der Waals surface area (Å²) in [4.78, 5) is 22.2. The summed E-state index contributed by atoms with van der Waals surface area (Å²) in [7, 11) is 0. The quantitative estimate of drug-likeness (QED) is 0.660. The van der Waals surface area contributed by atoms with Gasteiger partial charge in [-0.05, 0) is 28.1 Å². The minimum atomic E-state index is -0.543. The van der Waals surface area contributed by atoms with Gasteiger partial charge in [0.2, 0.25) is 0 Å². The number of nitro benzene ring substituents is 1. The maximum absolute atomic E-state index is 11.9. The molecule has 20 heavy (non-hydrogen) atoms. The maximum atomic E-state index is 11.9. The van der Waals surface area contributed by atoms with Gasteiger partial charge in [-0.15, -0.1) is 0 Å². The molecule has 1 aliphatic rings. The van der Waals surface area contributed by atoms with Crippen LogP contribution in [-0.2, 0) is 9.47 Å². The van der Waals surface area contributed by atoms with Crippen LogP contribution < -0.4 is 5.32 Å². The van der Waals surface area contributed by atoms with E-state index in [0.29, 0.717) is 30.8 Å². The van der Waals surface area contributed by atoms with Crippen molar-refractivity contribution in [2.24, 2.45) is 0 Å². The number of hydrogen-bond acceptors (Lipinski definition) is 5. The highest BCUT2D eigenvalue weighted by Gasteiger charge is 2.18. The number of nitrogens with zero attached hydrogens (tertiary/aromatic N) is 1. The van der Waals surface area contributed by atoms with Crippen molar-refractivity contribution >= 4 is 27.5 Å². The first-order valence-electron chi connectivity index (χ1n) is 5.99. The molecule has 1 heterocycles. The van der Waals surface area contributed by atoms with Crippen LogP contribution >= 0.6 is 15.9 Å². The Hall–Kier alpha value is -1.51. The molecule has 108 valence electrons. The summed E-state index contributed by atoms with van der Waals surface area (Å²) >= 11 is 3.07. The van der Waals surface area contributed by atoms with E-state index in [-0.39, 0.29) is 23.3 Å². The number of carbonyl (C=O) groups is 1. The summed E-state index contributed by atoms with van der Waals surface area (Å²) in [5.74, 6) is -0.380. The molecule has 1 aliphatic heterocycles. The molecule has 0 spiro atoms. The van der Waals surface area contributed by atoms with Gasteiger partial charge in [-0.3, -0.25) is 14.9 Å².